The number of aromatic nitrogens is 1. The topological polar surface area (TPSA) is 40.5 Å². The lowest BCUT2D eigenvalue weighted by atomic mass is 10.2. The van der Waals surface area contributed by atoms with Gasteiger partial charge >= 0.3 is 0 Å². The lowest BCUT2D eigenvalue weighted by Gasteiger charge is -2.21. The van der Waals surface area contributed by atoms with Crippen LogP contribution in [-0.2, 0) is 6.54 Å². The Morgan fingerprint density at radius 3 is 2.71 bits per heavy atom. The van der Waals surface area contributed by atoms with Gasteiger partial charge in [-0.15, -0.1) is 17.9 Å². The quantitative estimate of drug-likeness (QED) is 0.346. The zero-order valence-electron chi connectivity index (χ0n) is 13.8. The summed E-state index contributed by atoms with van der Waals surface area (Å²) in [6.45, 7) is 9.68. The van der Waals surface area contributed by atoms with E-state index in [1.807, 2.05) is 13.1 Å². The van der Waals surface area contributed by atoms with Gasteiger partial charge in [-0.25, -0.2) is 4.98 Å². The molecule has 0 spiro atoms. The minimum atomic E-state index is 0.743. The first-order valence-electron chi connectivity index (χ1n) is 7.54. The maximum absolute atomic E-state index is 4.54. The molecule has 1 aromatic rings. The van der Waals surface area contributed by atoms with E-state index in [1.165, 1.54) is 24.1 Å². The zero-order valence-corrected chi connectivity index (χ0v) is 14.6. The minimum Gasteiger partial charge on any atom is -0.350 e. The fourth-order valence-electron chi connectivity index (χ4n) is 2.07. The van der Waals surface area contributed by atoms with Gasteiger partial charge in [0.05, 0.1) is 12.2 Å². The minimum absolute atomic E-state index is 0.743. The third-order valence-electron chi connectivity index (χ3n) is 3.45. The predicted molar refractivity (Wildman–Crippen MR) is 93.1 cm³/mol. The fraction of sp³-hybridized carbons (Fsp3) is 0.625. The largest absolute Gasteiger partial charge is 0.350 e. The second-order valence-electron chi connectivity index (χ2n) is 5.21. The van der Waals surface area contributed by atoms with Crippen LogP contribution >= 0.6 is 11.3 Å². The number of hydrogen-bond acceptors (Lipinski definition) is 3. The summed E-state index contributed by atoms with van der Waals surface area (Å²) < 4.78 is 0. The van der Waals surface area contributed by atoms with Gasteiger partial charge < -0.3 is 10.2 Å². The van der Waals surface area contributed by atoms with Crippen molar-refractivity contribution in [1.29, 1.82) is 0 Å². The predicted octanol–water partition coefficient (Wildman–Crippen LogP) is 3.51. The fourth-order valence-corrected chi connectivity index (χ4v) is 2.95. The van der Waals surface area contributed by atoms with E-state index in [0.29, 0.717) is 0 Å². The van der Waals surface area contributed by atoms with E-state index < -0.39 is 0 Å². The highest BCUT2D eigenvalue weighted by molar-refractivity contribution is 7.11. The first-order valence-corrected chi connectivity index (χ1v) is 8.35. The number of rotatable bonds is 8. The Morgan fingerprint density at radius 2 is 2.14 bits per heavy atom. The Balaban J connectivity index is 2.34. The van der Waals surface area contributed by atoms with Crippen LogP contribution < -0.4 is 5.32 Å². The van der Waals surface area contributed by atoms with E-state index in [0.717, 1.165) is 36.2 Å². The summed E-state index contributed by atoms with van der Waals surface area (Å²) in [5.41, 5.74) is 1.13. The van der Waals surface area contributed by atoms with Crippen molar-refractivity contribution in [2.24, 2.45) is 4.99 Å². The zero-order chi connectivity index (χ0) is 15.7. The highest BCUT2D eigenvalue weighted by Gasteiger charge is 2.08. The summed E-state index contributed by atoms with van der Waals surface area (Å²) in [5, 5.41) is 4.50. The van der Waals surface area contributed by atoms with Gasteiger partial charge in [0.2, 0.25) is 0 Å². The van der Waals surface area contributed by atoms with Crippen molar-refractivity contribution in [1.82, 2.24) is 15.2 Å². The van der Waals surface area contributed by atoms with Crippen molar-refractivity contribution in [2.75, 3.05) is 20.6 Å². The molecule has 0 fully saturated rings. The third kappa shape index (κ3) is 6.29. The van der Waals surface area contributed by atoms with E-state index in [2.05, 4.69) is 47.7 Å². The molecule has 0 saturated heterocycles. The molecular weight excluding hydrogens is 280 g/mol. The van der Waals surface area contributed by atoms with Gasteiger partial charge in [-0.2, -0.15) is 0 Å². The van der Waals surface area contributed by atoms with Crippen molar-refractivity contribution in [2.45, 2.75) is 46.1 Å². The van der Waals surface area contributed by atoms with Crippen LogP contribution in [0.15, 0.2) is 17.6 Å². The van der Waals surface area contributed by atoms with E-state index in [-0.39, 0.29) is 0 Å². The van der Waals surface area contributed by atoms with Crippen molar-refractivity contribution in [3.8, 4) is 0 Å². The summed E-state index contributed by atoms with van der Waals surface area (Å²) in [6.07, 6.45) is 6.74. The third-order valence-corrected chi connectivity index (χ3v) is 4.52. The van der Waals surface area contributed by atoms with Gasteiger partial charge in [0.1, 0.15) is 5.01 Å². The lowest BCUT2D eigenvalue weighted by Crippen LogP contribution is -2.38. The Kier molecular flexibility index (Phi) is 8.05. The molecule has 118 valence electrons. The van der Waals surface area contributed by atoms with Crippen molar-refractivity contribution in [3.05, 3.63) is 28.2 Å². The summed E-state index contributed by atoms with van der Waals surface area (Å²) >= 11 is 1.75. The first kappa shape index (κ1) is 17.7. The molecule has 0 saturated carbocycles. The van der Waals surface area contributed by atoms with Crippen LogP contribution in [0.1, 0.15) is 41.3 Å². The van der Waals surface area contributed by atoms with Gasteiger partial charge in [-0.1, -0.05) is 12.5 Å². The molecule has 0 aromatic carbocycles. The SMILES string of the molecule is C=CCCCCCN(C)C(=NC)NCc1nc(C)c(C)s1. The Labute approximate surface area is 133 Å². The smallest absolute Gasteiger partial charge is 0.193 e. The normalized spacial score (nSPS) is 11.5. The van der Waals surface area contributed by atoms with Crippen molar-refractivity contribution < 1.29 is 0 Å². The number of hydrogen-bond donors (Lipinski definition) is 1. The van der Waals surface area contributed by atoms with Crippen LogP contribution in [-0.4, -0.2) is 36.5 Å². The molecule has 0 amide bonds. The molecule has 21 heavy (non-hydrogen) atoms. The number of thiazole rings is 1. The van der Waals surface area contributed by atoms with Crippen LogP contribution in [0, 0.1) is 13.8 Å². The van der Waals surface area contributed by atoms with E-state index in [4.69, 9.17) is 0 Å². The van der Waals surface area contributed by atoms with Gasteiger partial charge in [0.15, 0.2) is 5.96 Å². The van der Waals surface area contributed by atoms with Crippen LogP contribution in [0.3, 0.4) is 0 Å². The molecule has 1 rings (SSSR count). The number of unbranched alkanes of at least 4 members (excludes halogenated alkanes) is 3. The van der Waals surface area contributed by atoms with Crippen molar-refractivity contribution >= 4 is 17.3 Å². The lowest BCUT2D eigenvalue weighted by molar-refractivity contribution is 0.455. The molecule has 1 heterocycles. The molecule has 4 nitrogen and oxygen atoms in total. The second kappa shape index (κ2) is 9.55. The van der Waals surface area contributed by atoms with Crippen LogP contribution in [0.5, 0.6) is 0 Å². The number of nitrogens with zero attached hydrogens (tertiary/aromatic N) is 3. The molecule has 1 N–H and O–H groups in total. The first-order chi connectivity index (χ1) is 10.1. The second-order valence-corrected chi connectivity index (χ2v) is 6.50. The standard InChI is InChI=1S/C16H28N4S/c1-6-7-8-9-10-11-20(5)16(17-4)18-12-15-19-13(2)14(3)21-15/h6H,1,7-12H2,2-5H3,(H,17,18). The Morgan fingerprint density at radius 1 is 1.38 bits per heavy atom. The van der Waals surface area contributed by atoms with Gasteiger partial charge in [-0.05, 0) is 33.1 Å². The maximum atomic E-state index is 4.54. The molecule has 0 atom stereocenters. The summed E-state index contributed by atoms with van der Waals surface area (Å²) in [7, 11) is 3.91. The number of allylic oxidation sites excluding steroid dienone is 1. The monoisotopic (exact) mass is 308 g/mol. The summed E-state index contributed by atoms with van der Waals surface area (Å²) in [5.74, 6) is 0.934. The molecule has 0 bridgehead atoms. The van der Waals surface area contributed by atoms with Gasteiger partial charge in [0, 0.05) is 25.5 Å². The molecule has 5 heteroatoms. The van der Waals surface area contributed by atoms with E-state index in [1.54, 1.807) is 11.3 Å². The molecule has 0 aliphatic rings. The van der Waals surface area contributed by atoms with Crippen LogP contribution in [0.4, 0.5) is 0 Å². The number of aryl methyl sites for hydroxylation is 2. The van der Waals surface area contributed by atoms with Crippen LogP contribution in [0.2, 0.25) is 0 Å². The Bertz CT molecular complexity index is 445. The van der Waals surface area contributed by atoms with E-state index >= 15 is 0 Å². The summed E-state index contributed by atoms with van der Waals surface area (Å²) in [6, 6.07) is 0. The van der Waals surface area contributed by atoms with Crippen LogP contribution in [0.25, 0.3) is 0 Å². The highest BCUT2D eigenvalue weighted by atomic mass is 32.1. The van der Waals surface area contributed by atoms with Crippen molar-refractivity contribution in [3.63, 3.8) is 0 Å². The molecule has 0 radical (unpaired) electrons. The molecule has 1 aromatic heterocycles. The molecule has 0 aliphatic carbocycles. The van der Waals surface area contributed by atoms with Gasteiger partial charge in [0.25, 0.3) is 0 Å². The summed E-state index contributed by atoms with van der Waals surface area (Å²) in [4.78, 5) is 12.4. The average Bonchev–Trinajstić information content (AvgIpc) is 2.78. The molecule has 0 aliphatic heterocycles. The molecule has 0 unspecified atom stereocenters. The highest BCUT2D eigenvalue weighted by Crippen LogP contribution is 2.16. The maximum Gasteiger partial charge on any atom is 0.193 e. The van der Waals surface area contributed by atoms with Gasteiger partial charge in [-0.3, -0.25) is 4.99 Å². The number of aliphatic imine (C=N–C) groups is 1. The Hall–Kier alpha value is -1.36. The average molecular weight is 308 g/mol. The molecular formula is C16H28N4S. The number of nitrogens with one attached hydrogen (secondary N) is 1. The number of guanidine groups is 1. The van der Waals surface area contributed by atoms with E-state index in [9.17, 15) is 0 Å².